The van der Waals surface area contributed by atoms with Crippen LogP contribution in [0.3, 0.4) is 0 Å². The number of benzene rings is 12. The third-order valence-corrected chi connectivity index (χ3v) is 19.6. The first-order valence-electron chi connectivity index (χ1n) is 26.9. The number of rotatable bonds is 5. The molecule has 2 aliphatic carbocycles. The third kappa shape index (κ3) is 5.96. The van der Waals surface area contributed by atoms with Crippen molar-refractivity contribution in [2.45, 2.75) is 30.4 Å². The standard InChI is InChI=1S/C74H46N2S2/c1-2-20-49(21-3-1)76-67-32-13-6-25-57(67)58-40-37-48(44-68(58)76)47-19-18-22-50(43-47)75(51-38-41-55-53-23-4-7-26-59(53)73(65(55)45-51)61-28-9-14-33-69(61)77-70-34-15-10-29-62(70)73)52-39-42-56-54-24-5-8-27-60(54)74(66(56)46-52)63-30-11-16-35-71(63)78-72-36-17-12-31-64(72)74/h1-46H. The van der Waals surface area contributed by atoms with Gasteiger partial charge in [-0.15, -0.1) is 0 Å². The molecule has 0 atom stereocenters. The maximum Gasteiger partial charge on any atom is 0.0736 e. The molecule has 0 bridgehead atoms. The van der Waals surface area contributed by atoms with Crippen LogP contribution in [0, 0.1) is 0 Å². The molecule has 0 unspecified atom stereocenters. The fraction of sp³-hybridized carbons (Fsp3) is 0.0270. The Balaban J connectivity index is 0.927. The predicted octanol–water partition coefficient (Wildman–Crippen LogP) is 19.6. The highest BCUT2D eigenvalue weighted by Gasteiger charge is 2.52. The highest BCUT2D eigenvalue weighted by atomic mass is 32.2. The summed E-state index contributed by atoms with van der Waals surface area (Å²) in [6, 6.07) is 105. The fourth-order valence-electron chi connectivity index (χ4n) is 14.2. The molecule has 0 saturated heterocycles. The van der Waals surface area contributed by atoms with Crippen LogP contribution in [0.15, 0.2) is 299 Å². The van der Waals surface area contributed by atoms with E-state index >= 15 is 0 Å². The lowest BCUT2D eigenvalue weighted by Crippen LogP contribution is -2.32. The second-order valence-corrected chi connectivity index (χ2v) is 23.2. The van der Waals surface area contributed by atoms with Crippen LogP contribution in [0.4, 0.5) is 17.1 Å². The van der Waals surface area contributed by atoms with Crippen molar-refractivity contribution in [3.8, 4) is 39.1 Å². The van der Waals surface area contributed by atoms with Crippen molar-refractivity contribution in [2.75, 3.05) is 4.90 Å². The summed E-state index contributed by atoms with van der Waals surface area (Å²) in [6.07, 6.45) is 0. The van der Waals surface area contributed by atoms with Crippen LogP contribution >= 0.6 is 23.5 Å². The van der Waals surface area contributed by atoms with Gasteiger partial charge in [0, 0.05) is 53.1 Å². The van der Waals surface area contributed by atoms with Gasteiger partial charge in [0.05, 0.1) is 21.9 Å². The van der Waals surface area contributed by atoms with Gasteiger partial charge in [-0.2, -0.15) is 0 Å². The van der Waals surface area contributed by atoms with Gasteiger partial charge >= 0.3 is 0 Å². The van der Waals surface area contributed by atoms with E-state index in [0.29, 0.717) is 0 Å². The van der Waals surface area contributed by atoms with Crippen molar-refractivity contribution in [1.29, 1.82) is 0 Å². The number of fused-ring (bicyclic) bond motifs is 21. The Morgan fingerprint density at radius 2 is 0.692 bits per heavy atom. The van der Waals surface area contributed by atoms with Gasteiger partial charge in [0.25, 0.3) is 0 Å². The molecule has 0 amide bonds. The van der Waals surface area contributed by atoms with Crippen molar-refractivity contribution in [3.63, 3.8) is 0 Å². The SMILES string of the molecule is c1ccc(-n2c3ccccc3c3ccc(-c4cccc(N(c5ccc6c(c5)C5(c7ccccc7Sc7ccccc75)c5ccccc5-6)c5ccc6c(c5)C5(c7ccccc7Sc7ccccc75)c5ccccc5-6)c4)cc32)cc1. The van der Waals surface area contributed by atoms with Crippen LogP contribution < -0.4 is 4.90 Å². The molecule has 3 heterocycles. The van der Waals surface area contributed by atoms with Crippen LogP contribution in [0.5, 0.6) is 0 Å². The van der Waals surface area contributed by atoms with E-state index in [2.05, 4.69) is 289 Å². The number of anilines is 3. The van der Waals surface area contributed by atoms with Crippen LogP contribution in [-0.2, 0) is 10.8 Å². The molecular formula is C74H46N2S2. The van der Waals surface area contributed by atoms with Crippen LogP contribution in [0.25, 0.3) is 60.9 Å². The summed E-state index contributed by atoms with van der Waals surface area (Å²) in [5, 5.41) is 2.49. The van der Waals surface area contributed by atoms with Crippen molar-refractivity contribution in [3.05, 3.63) is 324 Å². The lowest BCUT2D eigenvalue weighted by Gasteiger charge is -2.40. The molecule has 2 spiro atoms. The number of nitrogens with zero attached hydrogens (tertiary/aromatic N) is 2. The zero-order chi connectivity index (χ0) is 51.1. The monoisotopic (exact) mass is 1030 g/mol. The lowest BCUT2D eigenvalue weighted by molar-refractivity contribution is 0.721. The van der Waals surface area contributed by atoms with E-state index in [4.69, 9.17) is 0 Å². The number of aromatic nitrogens is 1. The quantitative estimate of drug-likeness (QED) is 0.170. The molecule has 17 rings (SSSR count). The smallest absolute Gasteiger partial charge is 0.0736 e. The molecule has 1 aromatic heterocycles. The van der Waals surface area contributed by atoms with Crippen molar-refractivity contribution in [1.82, 2.24) is 4.57 Å². The third-order valence-electron chi connectivity index (χ3n) is 17.3. The molecule has 78 heavy (non-hydrogen) atoms. The summed E-state index contributed by atoms with van der Waals surface area (Å²) in [5.41, 5.74) is 23.8. The summed E-state index contributed by atoms with van der Waals surface area (Å²) >= 11 is 3.78. The Hall–Kier alpha value is -9.06. The first kappa shape index (κ1) is 44.1. The lowest BCUT2D eigenvalue weighted by atomic mass is 9.67. The van der Waals surface area contributed by atoms with E-state index in [0.717, 1.165) is 33.9 Å². The van der Waals surface area contributed by atoms with E-state index in [1.165, 1.54) is 108 Å². The first-order valence-corrected chi connectivity index (χ1v) is 28.5. The maximum absolute atomic E-state index is 2.54. The van der Waals surface area contributed by atoms with Crippen molar-refractivity contribution < 1.29 is 0 Å². The highest BCUT2D eigenvalue weighted by Crippen LogP contribution is 2.65. The minimum Gasteiger partial charge on any atom is -0.310 e. The molecular weight excluding hydrogens is 981 g/mol. The Kier molecular flexibility index (Phi) is 9.45. The number of para-hydroxylation sites is 2. The molecule has 2 nitrogen and oxygen atoms in total. The van der Waals surface area contributed by atoms with Crippen molar-refractivity contribution >= 4 is 62.4 Å². The zero-order valence-corrected chi connectivity index (χ0v) is 43.9. The van der Waals surface area contributed by atoms with E-state index < -0.39 is 10.8 Å². The molecule has 0 N–H and O–H groups in total. The first-order chi connectivity index (χ1) is 38.7. The van der Waals surface area contributed by atoms with Gasteiger partial charge in [-0.25, -0.2) is 0 Å². The number of hydrogen-bond donors (Lipinski definition) is 0. The molecule has 13 aromatic rings. The predicted molar refractivity (Wildman–Crippen MR) is 324 cm³/mol. The topological polar surface area (TPSA) is 8.17 Å². The molecule has 4 aliphatic rings. The Bertz CT molecular complexity index is 4370. The summed E-state index contributed by atoms with van der Waals surface area (Å²) < 4.78 is 2.42. The Morgan fingerprint density at radius 3 is 1.24 bits per heavy atom. The zero-order valence-electron chi connectivity index (χ0n) is 42.3. The Morgan fingerprint density at radius 1 is 0.269 bits per heavy atom. The van der Waals surface area contributed by atoms with Gasteiger partial charge in [-0.1, -0.05) is 218 Å². The molecule has 12 aromatic carbocycles. The molecule has 0 fully saturated rings. The van der Waals surface area contributed by atoms with Gasteiger partial charge in [0.15, 0.2) is 0 Å². The maximum atomic E-state index is 2.54. The summed E-state index contributed by atoms with van der Waals surface area (Å²) in [4.78, 5) is 7.74. The van der Waals surface area contributed by atoms with E-state index in [9.17, 15) is 0 Å². The van der Waals surface area contributed by atoms with E-state index in [-0.39, 0.29) is 0 Å². The van der Waals surface area contributed by atoms with Gasteiger partial charge in [-0.05, 0) is 163 Å². The molecule has 0 saturated carbocycles. The van der Waals surface area contributed by atoms with Crippen molar-refractivity contribution in [2.24, 2.45) is 0 Å². The second kappa shape index (κ2) is 16.7. The van der Waals surface area contributed by atoms with Gasteiger partial charge in [-0.3, -0.25) is 0 Å². The number of hydrogen-bond acceptors (Lipinski definition) is 3. The molecule has 364 valence electrons. The van der Waals surface area contributed by atoms with Crippen LogP contribution in [0.2, 0.25) is 0 Å². The molecule has 0 radical (unpaired) electrons. The molecule has 2 aliphatic heterocycles. The summed E-state index contributed by atoms with van der Waals surface area (Å²) in [5.74, 6) is 0. The molecule has 4 heteroatoms. The van der Waals surface area contributed by atoms with Gasteiger partial charge < -0.3 is 9.47 Å². The minimum atomic E-state index is -0.530. The normalized spacial score (nSPS) is 14.3. The Labute approximate surface area is 461 Å². The largest absolute Gasteiger partial charge is 0.310 e. The second-order valence-electron chi connectivity index (χ2n) is 21.0. The average Bonchev–Trinajstić information content (AvgIpc) is 4.08. The van der Waals surface area contributed by atoms with E-state index in [1.807, 2.05) is 23.5 Å². The van der Waals surface area contributed by atoms with Crippen LogP contribution in [-0.4, -0.2) is 4.57 Å². The average molecular weight is 1030 g/mol. The fourth-order valence-corrected chi connectivity index (χ4v) is 16.6. The minimum absolute atomic E-state index is 0.530. The van der Waals surface area contributed by atoms with E-state index in [1.54, 1.807) is 0 Å². The summed E-state index contributed by atoms with van der Waals surface area (Å²) in [6.45, 7) is 0. The van der Waals surface area contributed by atoms with Gasteiger partial charge in [0.2, 0.25) is 0 Å². The highest BCUT2D eigenvalue weighted by molar-refractivity contribution is 7.99. The van der Waals surface area contributed by atoms with Gasteiger partial charge in [0.1, 0.15) is 0 Å². The van der Waals surface area contributed by atoms with Crippen LogP contribution in [0.1, 0.15) is 44.5 Å². The summed E-state index contributed by atoms with van der Waals surface area (Å²) in [7, 11) is 0.